The molecule has 0 aromatic rings. The molecular weight excluding hydrogens is 194 g/mol. The van der Waals surface area contributed by atoms with Gasteiger partial charge in [0.1, 0.15) is 0 Å². The number of nitrogens with zero attached hydrogens (tertiary/aromatic N) is 1. The maximum absolute atomic E-state index is 10.9. The first kappa shape index (κ1) is 12.0. The zero-order valence-corrected chi connectivity index (χ0v) is 9.44. The smallest absolute Gasteiger partial charge is 0.331 e. The van der Waals surface area contributed by atoms with E-state index in [9.17, 15) is 4.79 Å². The Kier molecular flexibility index (Phi) is 5.18. The van der Waals surface area contributed by atoms with Crippen LogP contribution in [0.2, 0.25) is 0 Å². The lowest BCUT2D eigenvalue weighted by atomic mass is 9.99. The van der Waals surface area contributed by atoms with Crippen molar-refractivity contribution in [2.75, 3.05) is 33.9 Å². The number of ether oxygens (including phenoxy) is 2. The van der Waals surface area contributed by atoms with E-state index in [1.807, 2.05) is 6.20 Å². The van der Waals surface area contributed by atoms with Crippen molar-refractivity contribution in [1.82, 2.24) is 4.90 Å². The van der Waals surface area contributed by atoms with Crippen LogP contribution in [0.5, 0.6) is 0 Å². The van der Waals surface area contributed by atoms with Gasteiger partial charge in [-0.2, -0.15) is 0 Å². The zero-order chi connectivity index (χ0) is 11.1. The Morgan fingerprint density at radius 3 is 3.00 bits per heavy atom. The molecule has 0 spiro atoms. The molecule has 1 aliphatic rings. The summed E-state index contributed by atoms with van der Waals surface area (Å²) in [6, 6.07) is 0. The summed E-state index contributed by atoms with van der Waals surface area (Å²) in [4.78, 5) is 13.0. The van der Waals surface area contributed by atoms with Crippen molar-refractivity contribution in [3.63, 3.8) is 0 Å². The number of likely N-dealkylation sites (tertiary alicyclic amines) is 1. The van der Waals surface area contributed by atoms with Crippen LogP contribution in [0.3, 0.4) is 0 Å². The lowest BCUT2D eigenvalue weighted by Crippen LogP contribution is -2.33. The van der Waals surface area contributed by atoms with E-state index in [2.05, 4.69) is 9.64 Å². The molecule has 1 unspecified atom stereocenters. The molecule has 1 saturated heterocycles. The third-order valence-corrected chi connectivity index (χ3v) is 2.58. The minimum atomic E-state index is -0.302. The van der Waals surface area contributed by atoms with Crippen molar-refractivity contribution < 1.29 is 14.3 Å². The van der Waals surface area contributed by atoms with Gasteiger partial charge < -0.3 is 14.4 Å². The maximum Gasteiger partial charge on any atom is 0.331 e. The van der Waals surface area contributed by atoms with Crippen molar-refractivity contribution in [2.45, 2.75) is 12.8 Å². The second-order valence-corrected chi connectivity index (χ2v) is 3.80. The fourth-order valence-corrected chi connectivity index (χ4v) is 1.84. The quantitative estimate of drug-likeness (QED) is 0.516. The molecule has 4 heteroatoms. The first-order valence-electron chi connectivity index (χ1n) is 5.25. The first-order chi connectivity index (χ1) is 7.26. The van der Waals surface area contributed by atoms with Gasteiger partial charge in [0, 0.05) is 32.5 Å². The van der Waals surface area contributed by atoms with Gasteiger partial charge in [0.2, 0.25) is 0 Å². The Morgan fingerprint density at radius 2 is 2.33 bits per heavy atom. The Hall–Kier alpha value is -1.03. The summed E-state index contributed by atoms with van der Waals surface area (Å²) in [6.45, 7) is 2.76. The molecule has 15 heavy (non-hydrogen) atoms. The highest BCUT2D eigenvalue weighted by Crippen LogP contribution is 2.16. The van der Waals surface area contributed by atoms with Crippen molar-refractivity contribution in [1.29, 1.82) is 0 Å². The van der Waals surface area contributed by atoms with Crippen LogP contribution in [0.1, 0.15) is 12.8 Å². The molecule has 1 heterocycles. The van der Waals surface area contributed by atoms with Crippen molar-refractivity contribution >= 4 is 5.97 Å². The van der Waals surface area contributed by atoms with E-state index < -0.39 is 0 Å². The van der Waals surface area contributed by atoms with Gasteiger partial charge in [0.25, 0.3) is 0 Å². The lowest BCUT2D eigenvalue weighted by molar-refractivity contribution is -0.134. The fourth-order valence-electron chi connectivity index (χ4n) is 1.84. The molecule has 1 aliphatic heterocycles. The highest BCUT2D eigenvalue weighted by molar-refractivity contribution is 5.81. The highest BCUT2D eigenvalue weighted by atomic mass is 16.5. The molecule has 0 aromatic heterocycles. The summed E-state index contributed by atoms with van der Waals surface area (Å²) in [5, 5.41) is 0. The second-order valence-electron chi connectivity index (χ2n) is 3.80. The molecule has 0 aromatic carbocycles. The van der Waals surface area contributed by atoms with Crippen molar-refractivity contribution in [2.24, 2.45) is 5.92 Å². The summed E-state index contributed by atoms with van der Waals surface area (Å²) < 4.78 is 9.67. The van der Waals surface area contributed by atoms with E-state index >= 15 is 0 Å². The summed E-state index contributed by atoms with van der Waals surface area (Å²) in [5.74, 6) is 0.273. The Balaban J connectivity index is 2.35. The Morgan fingerprint density at radius 1 is 1.53 bits per heavy atom. The predicted octanol–water partition coefficient (Wildman–Crippen LogP) is 1.03. The number of esters is 1. The van der Waals surface area contributed by atoms with Gasteiger partial charge in [0.15, 0.2) is 0 Å². The summed E-state index contributed by atoms with van der Waals surface area (Å²) in [5.41, 5.74) is 0. The predicted molar refractivity (Wildman–Crippen MR) is 57.3 cm³/mol. The molecular formula is C11H19NO3. The fraction of sp³-hybridized carbons (Fsp3) is 0.727. The van der Waals surface area contributed by atoms with E-state index in [1.165, 1.54) is 19.6 Å². The molecule has 0 N–H and O–H groups in total. The minimum absolute atomic E-state index is 0.302. The largest absolute Gasteiger partial charge is 0.466 e. The van der Waals surface area contributed by atoms with Gasteiger partial charge in [-0.25, -0.2) is 4.79 Å². The number of carbonyl (C=O) groups excluding carboxylic acids is 1. The van der Waals surface area contributed by atoms with Crippen LogP contribution in [0.4, 0.5) is 0 Å². The van der Waals surface area contributed by atoms with Gasteiger partial charge in [-0.05, 0) is 18.8 Å². The van der Waals surface area contributed by atoms with Gasteiger partial charge in [0.05, 0.1) is 13.7 Å². The average molecular weight is 213 g/mol. The third kappa shape index (κ3) is 4.34. The average Bonchev–Trinajstić information content (AvgIpc) is 2.27. The van der Waals surface area contributed by atoms with Gasteiger partial charge in [-0.1, -0.05) is 0 Å². The number of rotatable bonds is 4. The van der Waals surface area contributed by atoms with Crippen molar-refractivity contribution in [3.8, 4) is 0 Å². The minimum Gasteiger partial charge on any atom is -0.466 e. The SMILES string of the molecule is COCC1CCCN(/C=C/C(=O)OC)C1. The normalized spacial score (nSPS) is 22.0. The molecule has 86 valence electrons. The van der Waals surface area contributed by atoms with Crippen LogP contribution in [0.25, 0.3) is 0 Å². The number of hydrogen-bond acceptors (Lipinski definition) is 4. The Labute approximate surface area is 90.8 Å². The van der Waals surface area contributed by atoms with Gasteiger partial charge >= 0.3 is 5.97 Å². The van der Waals surface area contributed by atoms with Gasteiger partial charge in [-0.3, -0.25) is 0 Å². The number of carbonyl (C=O) groups is 1. The second kappa shape index (κ2) is 6.45. The number of piperidine rings is 1. The molecule has 0 radical (unpaired) electrons. The van der Waals surface area contributed by atoms with E-state index in [1.54, 1.807) is 7.11 Å². The monoisotopic (exact) mass is 213 g/mol. The third-order valence-electron chi connectivity index (χ3n) is 2.58. The van der Waals surface area contributed by atoms with Crippen LogP contribution in [0.15, 0.2) is 12.3 Å². The lowest BCUT2D eigenvalue weighted by Gasteiger charge is -2.31. The van der Waals surface area contributed by atoms with Crippen LogP contribution in [-0.4, -0.2) is 44.8 Å². The Bertz CT molecular complexity index is 226. The standard InChI is InChI=1S/C11H19NO3/c1-14-9-10-4-3-6-12(8-10)7-5-11(13)15-2/h5,7,10H,3-4,6,8-9H2,1-2H3/b7-5+. The van der Waals surface area contributed by atoms with Crippen LogP contribution >= 0.6 is 0 Å². The van der Waals surface area contributed by atoms with E-state index in [0.29, 0.717) is 5.92 Å². The molecule has 1 fully saturated rings. The zero-order valence-electron chi connectivity index (χ0n) is 9.44. The van der Waals surface area contributed by atoms with E-state index in [4.69, 9.17) is 4.74 Å². The number of hydrogen-bond donors (Lipinski definition) is 0. The molecule has 1 rings (SSSR count). The van der Waals surface area contributed by atoms with Crippen LogP contribution in [-0.2, 0) is 14.3 Å². The summed E-state index contributed by atoms with van der Waals surface area (Å²) in [6.07, 6.45) is 5.64. The van der Waals surface area contributed by atoms with E-state index in [0.717, 1.165) is 26.1 Å². The van der Waals surface area contributed by atoms with Crippen LogP contribution in [0, 0.1) is 5.92 Å². The van der Waals surface area contributed by atoms with Gasteiger partial charge in [-0.15, -0.1) is 0 Å². The molecule has 0 bridgehead atoms. The van der Waals surface area contributed by atoms with Crippen molar-refractivity contribution in [3.05, 3.63) is 12.3 Å². The molecule has 4 nitrogen and oxygen atoms in total. The summed E-state index contributed by atoms with van der Waals surface area (Å²) in [7, 11) is 3.11. The summed E-state index contributed by atoms with van der Waals surface area (Å²) >= 11 is 0. The molecule has 0 saturated carbocycles. The highest BCUT2D eigenvalue weighted by Gasteiger charge is 2.17. The first-order valence-corrected chi connectivity index (χ1v) is 5.25. The van der Waals surface area contributed by atoms with Crippen LogP contribution < -0.4 is 0 Å². The molecule has 1 atom stereocenters. The molecule has 0 amide bonds. The molecule has 0 aliphatic carbocycles. The topological polar surface area (TPSA) is 38.8 Å². The van der Waals surface area contributed by atoms with E-state index in [-0.39, 0.29) is 5.97 Å². The maximum atomic E-state index is 10.9. The number of methoxy groups -OCH3 is 2.